The molecule has 0 saturated heterocycles. The number of nitrogen functional groups attached to an aromatic ring is 1. The van der Waals surface area contributed by atoms with Gasteiger partial charge < -0.3 is 10.3 Å². The molecule has 0 aliphatic rings. The third-order valence-electron chi connectivity index (χ3n) is 2.68. The maximum absolute atomic E-state index is 6.22. The molecular weight excluding hydrogens is 303 g/mol. The van der Waals surface area contributed by atoms with E-state index in [4.69, 9.17) is 33.5 Å². The number of thiophene rings is 1. The normalized spacial score (nSPS) is 10.8. The first-order chi connectivity index (χ1) is 9.18. The Morgan fingerprint density at radius 3 is 2.42 bits per heavy atom. The van der Waals surface area contributed by atoms with E-state index in [0.717, 1.165) is 4.88 Å². The highest BCUT2D eigenvalue weighted by Crippen LogP contribution is 2.44. The zero-order chi connectivity index (χ0) is 13.4. The molecule has 1 aromatic carbocycles. The van der Waals surface area contributed by atoms with E-state index >= 15 is 0 Å². The number of nitrogens with zero attached hydrogens (tertiary/aromatic N) is 1. The van der Waals surface area contributed by atoms with Crippen molar-refractivity contribution in [3.8, 4) is 21.8 Å². The van der Waals surface area contributed by atoms with E-state index in [0.29, 0.717) is 26.9 Å². The summed E-state index contributed by atoms with van der Waals surface area (Å²) in [4.78, 5) is 0.926. The fourth-order valence-electron chi connectivity index (χ4n) is 1.86. The van der Waals surface area contributed by atoms with Gasteiger partial charge in [-0.3, -0.25) is 0 Å². The van der Waals surface area contributed by atoms with Gasteiger partial charge in [-0.05, 0) is 23.6 Å². The minimum absolute atomic E-state index is 0.276. The van der Waals surface area contributed by atoms with Crippen molar-refractivity contribution in [2.75, 3.05) is 5.73 Å². The van der Waals surface area contributed by atoms with Gasteiger partial charge in [0.1, 0.15) is 0 Å². The van der Waals surface area contributed by atoms with Gasteiger partial charge >= 0.3 is 0 Å². The van der Waals surface area contributed by atoms with Gasteiger partial charge in [0.05, 0.1) is 20.5 Å². The molecule has 6 heteroatoms. The lowest BCUT2D eigenvalue weighted by molar-refractivity contribution is 0.437. The number of rotatable bonds is 2. The van der Waals surface area contributed by atoms with Gasteiger partial charge in [0.25, 0.3) is 0 Å². The summed E-state index contributed by atoms with van der Waals surface area (Å²) < 4.78 is 5.32. The molecule has 19 heavy (non-hydrogen) atoms. The predicted molar refractivity (Wildman–Crippen MR) is 79.7 cm³/mol. The van der Waals surface area contributed by atoms with Crippen LogP contribution >= 0.6 is 34.5 Å². The Morgan fingerprint density at radius 2 is 1.79 bits per heavy atom. The van der Waals surface area contributed by atoms with Crippen molar-refractivity contribution in [3.05, 3.63) is 45.8 Å². The molecule has 0 amide bonds. The highest BCUT2D eigenvalue weighted by molar-refractivity contribution is 7.13. The van der Waals surface area contributed by atoms with E-state index in [1.54, 1.807) is 18.2 Å². The lowest BCUT2D eigenvalue weighted by Crippen LogP contribution is -1.90. The van der Waals surface area contributed by atoms with E-state index in [-0.39, 0.29) is 5.82 Å². The molecule has 96 valence electrons. The van der Waals surface area contributed by atoms with Gasteiger partial charge in [-0.25, -0.2) is 0 Å². The maximum Gasteiger partial charge on any atom is 0.186 e. The van der Waals surface area contributed by atoms with Crippen molar-refractivity contribution < 1.29 is 4.52 Å². The average Bonchev–Trinajstić information content (AvgIpc) is 2.99. The Kier molecular flexibility index (Phi) is 3.22. The van der Waals surface area contributed by atoms with Crippen molar-refractivity contribution in [1.29, 1.82) is 0 Å². The molecule has 3 rings (SSSR count). The molecular formula is C13H8Cl2N2OS. The second-order valence-corrected chi connectivity index (χ2v) is 5.61. The zero-order valence-electron chi connectivity index (χ0n) is 9.56. The molecule has 0 unspecified atom stereocenters. The van der Waals surface area contributed by atoms with E-state index in [1.165, 1.54) is 11.3 Å². The standard InChI is InChI=1S/C13H8Cl2N2OS/c14-7-3-1-4-8(15)10(7)11-12(18-17-13(11)16)9-5-2-6-19-9/h1-6H,(H2,16,17). The molecule has 2 heterocycles. The Bertz CT molecular complexity index is 702. The SMILES string of the molecule is Nc1noc(-c2cccs2)c1-c1c(Cl)cccc1Cl. The van der Waals surface area contributed by atoms with Crippen molar-refractivity contribution in [3.63, 3.8) is 0 Å². The summed E-state index contributed by atoms with van der Waals surface area (Å²) in [7, 11) is 0. The van der Waals surface area contributed by atoms with Crippen LogP contribution in [0.4, 0.5) is 5.82 Å². The van der Waals surface area contributed by atoms with Gasteiger partial charge in [0.15, 0.2) is 11.6 Å². The number of aromatic nitrogens is 1. The lowest BCUT2D eigenvalue weighted by Gasteiger charge is -2.06. The van der Waals surface area contributed by atoms with E-state index in [1.807, 2.05) is 17.5 Å². The van der Waals surface area contributed by atoms with E-state index in [2.05, 4.69) is 5.16 Å². The molecule has 0 atom stereocenters. The lowest BCUT2D eigenvalue weighted by atomic mass is 10.0. The highest BCUT2D eigenvalue weighted by Gasteiger charge is 2.22. The summed E-state index contributed by atoms with van der Waals surface area (Å²) in [5, 5.41) is 6.80. The summed E-state index contributed by atoms with van der Waals surface area (Å²) >= 11 is 14.0. The molecule has 0 saturated carbocycles. The van der Waals surface area contributed by atoms with Crippen LogP contribution in [0.1, 0.15) is 0 Å². The van der Waals surface area contributed by atoms with Crippen LogP contribution < -0.4 is 5.73 Å². The van der Waals surface area contributed by atoms with Crippen molar-refractivity contribution >= 4 is 40.4 Å². The van der Waals surface area contributed by atoms with Crippen LogP contribution in [0.2, 0.25) is 10.0 Å². The number of hydrogen-bond acceptors (Lipinski definition) is 4. The predicted octanol–water partition coefficient (Wildman–Crippen LogP) is 4.96. The molecule has 2 N–H and O–H groups in total. The van der Waals surface area contributed by atoms with Crippen LogP contribution in [-0.4, -0.2) is 5.16 Å². The van der Waals surface area contributed by atoms with Gasteiger partial charge in [0, 0.05) is 5.56 Å². The maximum atomic E-state index is 6.22. The quantitative estimate of drug-likeness (QED) is 0.728. The first-order valence-electron chi connectivity index (χ1n) is 5.42. The number of halogens is 2. The molecule has 0 radical (unpaired) electrons. The Morgan fingerprint density at radius 1 is 1.05 bits per heavy atom. The molecule has 0 spiro atoms. The Balaban J connectivity index is 2.29. The Labute approximate surface area is 123 Å². The monoisotopic (exact) mass is 310 g/mol. The van der Waals surface area contributed by atoms with Gasteiger partial charge in [-0.15, -0.1) is 11.3 Å². The van der Waals surface area contributed by atoms with Crippen molar-refractivity contribution in [1.82, 2.24) is 5.16 Å². The van der Waals surface area contributed by atoms with Crippen molar-refractivity contribution in [2.45, 2.75) is 0 Å². The van der Waals surface area contributed by atoms with Gasteiger partial charge in [-0.2, -0.15) is 0 Å². The van der Waals surface area contributed by atoms with Crippen LogP contribution in [0.5, 0.6) is 0 Å². The molecule has 0 fully saturated rings. The molecule has 0 bridgehead atoms. The average molecular weight is 311 g/mol. The zero-order valence-corrected chi connectivity index (χ0v) is 11.9. The summed E-state index contributed by atoms with van der Waals surface area (Å²) in [5.41, 5.74) is 7.18. The molecule has 0 aliphatic heterocycles. The fourth-order valence-corrected chi connectivity index (χ4v) is 3.15. The number of nitrogens with two attached hydrogens (primary N) is 1. The number of anilines is 1. The minimum atomic E-state index is 0.276. The van der Waals surface area contributed by atoms with Crippen LogP contribution in [-0.2, 0) is 0 Å². The summed E-state index contributed by atoms with van der Waals surface area (Å²) in [6.45, 7) is 0. The van der Waals surface area contributed by atoms with E-state index in [9.17, 15) is 0 Å². The minimum Gasteiger partial charge on any atom is -0.380 e. The summed E-state index contributed by atoms with van der Waals surface area (Å²) in [6.07, 6.45) is 0. The first-order valence-corrected chi connectivity index (χ1v) is 7.05. The van der Waals surface area contributed by atoms with Crippen LogP contribution in [0.25, 0.3) is 21.8 Å². The summed E-state index contributed by atoms with van der Waals surface area (Å²) in [6, 6.07) is 9.15. The second kappa shape index (κ2) is 4.89. The topological polar surface area (TPSA) is 52.0 Å². The molecule has 3 aromatic rings. The van der Waals surface area contributed by atoms with Crippen molar-refractivity contribution in [2.24, 2.45) is 0 Å². The highest BCUT2D eigenvalue weighted by atomic mass is 35.5. The van der Waals surface area contributed by atoms with Gasteiger partial charge in [0.2, 0.25) is 0 Å². The first kappa shape index (κ1) is 12.5. The molecule has 3 nitrogen and oxygen atoms in total. The Hall–Kier alpha value is -1.49. The molecule has 0 aliphatic carbocycles. The van der Waals surface area contributed by atoms with Crippen LogP contribution in [0.3, 0.4) is 0 Å². The largest absolute Gasteiger partial charge is 0.380 e. The fraction of sp³-hybridized carbons (Fsp3) is 0. The summed E-state index contributed by atoms with van der Waals surface area (Å²) in [5.74, 6) is 0.862. The molecule has 2 aromatic heterocycles. The van der Waals surface area contributed by atoms with E-state index < -0.39 is 0 Å². The third kappa shape index (κ3) is 2.12. The smallest absolute Gasteiger partial charge is 0.186 e. The van der Waals surface area contributed by atoms with Gasteiger partial charge in [-0.1, -0.05) is 40.5 Å². The van der Waals surface area contributed by atoms with Crippen LogP contribution in [0.15, 0.2) is 40.2 Å². The van der Waals surface area contributed by atoms with Crippen LogP contribution in [0, 0.1) is 0 Å². The number of hydrogen-bond donors (Lipinski definition) is 1. The second-order valence-electron chi connectivity index (χ2n) is 3.85. The third-order valence-corrected chi connectivity index (χ3v) is 4.17. The number of benzene rings is 1.